The van der Waals surface area contributed by atoms with E-state index in [1.54, 1.807) is 17.7 Å². The van der Waals surface area contributed by atoms with Gasteiger partial charge in [-0.15, -0.1) is 0 Å². The molecule has 0 bridgehead atoms. The van der Waals surface area contributed by atoms with E-state index in [2.05, 4.69) is 10.3 Å². The lowest BCUT2D eigenvalue weighted by atomic mass is 10.2. The summed E-state index contributed by atoms with van der Waals surface area (Å²) in [6, 6.07) is 13.1. The number of benzene rings is 2. The molecule has 6 heteroatoms. The molecule has 0 saturated carbocycles. The van der Waals surface area contributed by atoms with Crippen molar-refractivity contribution in [2.24, 2.45) is 0 Å². The molecule has 0 unspecified atom stereocenters. The molecule has 0 atom stereocenters. The Kier molecular flexibility index (Phi) is 3.32. The Hall–Kier alpha value is -2.79. The second kappa shape index (κ2) is 5.39. The second-order valence-corrected chi connectivity index (χ2v) is 5.97. The van der Waals surface area contributed by atoms with Gasteiger partial charge < -0.3 is 9.73 Å². The van der Waals surface area contributed by atoms with Crippen LogP contribution in [0.15, 0.2) is 51.7 Å². The number of nitrogens with one attached hydrogen (secondary N) is 1. The van der Waals surface area contributed by atoms with Gasteiger partial charge in [0.05, 0.1) is 16.1 Å². The van der Waals surface area contributed by atoms with E-state index in [1.165, 1.54) is 0 Å². The molecule has 4 rings (SSSR count). The molecule has 0 amide bonds. The SMILES string of the molecule is CNc1nc(=O)n(-c2cccc(C)c2)c2c1oc1cccc(Cl)c12. The summed E-state index contributed by atoms with van der Waals surface area (Å²) < 4.78 is 7.48. The van der Waals surface area contributed by atoms with Crippen molar-refractivity contribution in [1.29, 1.82) is 0 Å². The summed E-state index contributed by atoms with van der Waals surface area (Å²) in [5, 5.41) is 4.15. The third-order valence-electron chi connectivity index (χ3n) is 3.97. The quantitative estimate of drug-likeness (QED) is 0.596. The molecule has 2 aromatic carbocycles. The molecule has 24 heavy (non-hydrogen) atoms. The number of hydrogen-bond donors (Lipinski definition) is 1. The van der Waals surface area contributed by atoms with Crippen molar-refractivity contribution in [2.75, 3.05) is 12.4 Å². The van der Waals surface area contributed by atoms with E-state index in [4.69, 9.17) is 16.0 Å². The van der Waals surface area contributed by atoms with Crippen LogP contribution in [0.4, 0.5) is 5.82 Å². The molecule has 2 heterocycles. The lowest BCUT2D eigenvalue weighted by molar-refractivity contribution is 0.665. The highest BCUT2D eigenvalue weighted by molar-refractivity contribution is 6.37. The zero-order valence-electron chi connectivity index (χ0n) is 13.1. The Morgan fingerprint density at radius 3 is 2.75 bits per heavy atom. The van der Waals surface area contributed by atoms with Crippen LogP contribution in [0.3, 0.4) is 0 Å². The highest BCUT2D eigenvalue weighted by Gasteiger charge is 2.20. The predicted octanol–water partition coefficient (Wildman–Crippen LogP) is 4.14. The van der Waals surface area contributed by atoms with E-state index in [0.717, 1.165) is 11.3 Å². The lowest BCUT2D eigenvalue weighted by Gasteiger charge is -2.10. The molecule has 4 aromatic rings. The van der Waals surface area contributed by atoms with Crippen LogP contribution in [0, 0.1) is 6.92 Å². The van der Waals surface area contributed by atoms with Crippen molar-refractivity contribution in [3.05, 3.63) is 63.5 Å². The average molecular weight is 340 g/mol. The largest absolute Gasteiger partial charge is 0.450 e. The van der Waals surface area contributed by atoms with Crippen molar-refractivity contribution in [1.82, 2.24) is 9.55 Å². The highest BCUT2D eigenvalue weighted by Crippen LogP contribution is 2.36. The standard InChI is InChI=1S/C18H14ClN3O2/c1-10-5-3-6-11(9-10)22-15-14-12(19)7-4-8-13(14)24-16(15)17(20-2)21-18(22)23/h3-9H,1-2H3,(H,20,21,23). The zero-order valence-corrected chi connectivity index (χ0v) is 13.9. The average Bonchev–Trinajstić information content (AvgIpc) is 2.94. The maximum absolute atomic E-state index is 12.7. The number of fused-ring (bicyclic) bond motifs is 3. The summed E-state index contributed by atoms with van der Waals surface area (Å²) in [5.41, 5.74) is 3.11. The Morgan fingerprint density at radius 1 is 1.21 bits per heavy atom. The summed E-state index contributed by atoms with van der Waals surface area (Å²) >= 11 is 6.40. The number of nitrogens with zero attached hydrogens (tertiary/aromatic N) is 2. The number of aromatic nitrogens is 2. The topological polar surface area (TPSA) is 60.1 Å². The molecule has 1 N–H and O–H groups in total. The fourth-order valence-corrected chi connectivity index (χ4v) is 3.19. The third-order valence-corrected chi connectivity index (χ3v) is 4.29. The molecule has 0 radical (unpaired) electrons. The number of furan rings is 1. The van der Waals surface area contributed by atoms with Gasteiger partial charge in [-0.3, -0.25) is 4.57 Å². The molecule has 0 aliphatic rings. The van der Waals surface area contributed by atoms with E-state index in [0.29, 0.717) is 32.9 Å². The summed E-state index contributed by atoms with van der Waals surface area (Å²) in [6.45, 7) is 1.97. The predicted molar refractivity (Wildman–Crippen MR) is 96.4 cm³/mol. The normalized spacial score (nSPS) is 11.3. The van der Waals surface area contributed by atoms with Gasteiger partial charge in [0.15, 0.2) is 11.4 Å². The van der Waals surface area contributed by atoms with Crippen LogP contribution in [-0.4, -0.2) is 16.6 Å². The van der Waals surface area contributed by atoms with Crippen LogP contribution in [0.25, 0.3) is 27.8 Å². The van der Waals surface area contributed by atoms with Gasteiger partial charge in [-0.1, -0.05) is 29.8 Å². The van der Waals surface area contributed by atoms with Crippen LogP contribution in [0.5, 0.6) is 0 Å². The lowest BCUT2D eigenvalue weighted by Crippen LogP contribution is -2.22. The number of aryl methyl sites for hydroxylation is 1. The van der Waals surface area contributed by atoms with Crippen molar-refractivity contribution < 1.29 is 4.42 Å². The van der Waals surface area contributed by atoms with Crippen LogP contribution >= 0.6 is 11.6 Å². The van der Waals surface area contributed by atoms with Crippen molar-refractivity contribution >= 4 is 39.5 Å². The maximum Gasteiger partial charge on any atom is 0.354 e. The van der Waals surface area contributed by atoms with Crippen LogP contribution in [0.2, 0.25) is 5.02 Å². The van der Waals surface area contributed by atoms with Gasteiger partial charge in [0.1, 0.15) is 11.1 Å². The van der Waals surface area contributed by atoms with Crippen molar-refractivity contribution in [3.63, 3.8) is 0 Å². The molecule has 0 fully saturated rings. The van der Waals surface area contributed by atoms with Crippen molar-refractivity contribution in [2.45, 2.75) is 6.92 Å². The van der Waals surface area contributed by atoms with E-state index >= 15 is 0 Å². The Balaban J connectivity index is 2.27. The van der Waals surface area contributed by atoms with Gasteiger partial charge in [-0.25, -0.2) is 4.79 Å². The maximum atomic E-state index is 12.7. The molecule has 0 saturated heterocycles. The fourth-order valence-electron chi connectivity index (χ4n) is 2.93. The highest BCUT2D eigenvalue weighted by atomic mass is 35.5. The van der Waals surface area contributed by atoms with Crippen molar-refractivity contribution in [3.8, 4) is 5.69 Å². The Labute approximate surface area is 142 Å². The first-order chi connectivity index (χ1) is 11.6. The molecular formula is C18H14ClN3O2. The van der Waals surface area contributed by atoms with E-state index < -0.39 is 0 Å². The smallest absolute Gasteiger partial charge is 0.354 e. The molecular weight excluding hydrogens is 326 g/mol. The third kappa shape index (κ3) is 2.09. The molecule has 120 valence electrons. The summed E-state index contributed by atoms with van der Waals surface area (Å²) in [6.07, 6.45) is 0. The monoisotopic (exact) mass is 339 g/mol. The van der Waals surface area contributed by atoms with Crippen LogP contribution in [0.1, 0.15) is 5.56 Å². The van der Waals surface area contributed by atoms with Gasteiger partial charge in [-0.05, 0) is 36.8 Å². The molecule has 5 nitrogen and oxygen atoms in total. The minimum Gasteiger partial charge on any atom is -0.450 e. The molecule has 2 aromatic heterocycles. The Bertz CT molecular complexity index is 1140. The fraction of sp³-hybridized carbons (Fsp3) is 0.111. The van der Waals surface area contributed by atoms with E-state index in [1.807, 2.05) is 43.3 Å². The first kappa shape index (κ1) is 14.8. The summed E-state index contributed by atoms with van der Waals surface area (Å²) in [4.78, 5) is 16.8. The van der Waals surface area contributed by atoms with Crippen LogP contribution in [-0.2, 0) is 0 Å². The Morgan fingerprint density at radius 2 is 2.00 bits per heavy atom. The number of anilines is 1. The summed E-state index contributed by atoms with van der Waals surface area (Å²) in [7, 11) is 1.70. The van der Waals surface area contributed by atoms with Crippen LogP contribution < -0.4 is 11.0 Å². The number of rotatable bonds is 2. The second-order valence-electron chi connectivity index (χ2n) is 5.56. The number of halogens is 1. The minimum absolute atomic E-state index is 0.389. The molecule has 0 aliphatic carbocycles. The molecule has 0 aliphatic heterocycles. The van der Waals surface area contributed by atoms with E-state index in [-0.39, 0.29) is 5.69 Å². The first-order valence-electron chi connectivity index (χ1n) is 7.48. The van der Waals surface area contributed by atoms with Gasteiger partial charge in [0, 0.05) is 7.05 Å². The minimum atomic E-state index is -0.389. The summed E-state index contributed by atoms with van der Waals surface area (Å²) in [5.74, 6) is 0.395. The van der Waals surface area contributed by atoms with Gasteiger partial charge in [0.25, 0.3) is 0 Å². The van der Waals surface area contributed by atoms with Gasteiger partial charge in [0.2, 0.25) is 0 Å². The zero-order chi connectivity index (χ0) is 16.8. The van der Waals surface area contributed by atoms with Gasteiger partial charge in [-0.2, -0.15) is 4.98 Å². The van der Waals surface area contributed by atoms with Gasteiger partial charge >= 0.3 is 5.69 Å². The molecule has 0 spiro atoms. The van der Waals surface area contributed by atoms with E-state index in [9.17, 15) is 4.79 Å². The first-order valence-corrected chi connectivity index (χ1v) is 7.86. The number of hydrogen-bond acceptors (Lipinski definition) is 4.